The Labute approximate surface area is 192 Å². The third-order valence-electron chi connectivity index (χ3n) is 6.36. The van der Waals surface area contributed by atoms with Gasteiger partial charge in [-0.25, -0.2) is 13.1 Å². The number of carbonyl (C=O) groups excluding carboxylic acids is 1. The van der Waals surface area contributed by atoms with Gasteiger partial charge in [0.1, 0.15) is 5.78 Å². The van der Waals surface area contributed by atoms with Gasteiger partial charge in [-0.05, 0) is 54.6 Å². The highest BCUT2D eigenvalue weighted by atomic mass is 35.5. The largest absolute Gasteiger partial charge is 0.315 e. The number of rotatable bonds is 7. The number of Topliss-reactive ketones (excluding diaryl/α,β-unsaturated/α-hetero) is 1. The van der Waals surface area contributed by atoms with E-state index in [0.717, 1.165) is 41.3 Å². The number of fused-ring (bicyclic) bond motifs is 1. The van der Waals surface area contributed by atoms with Crippen LogP contribution in [0.25, 0.3) is 10.8 Å². The molecule has 0 bridgehead atoms. The van der Waals surface area contributed by atoms with E-state index < -0.39 is 10.0 Å². The summed E-state index contributed by atoms with van der Waals surface area (Å²) < 4.78 is 27.9. The maximum absolute atomic E-state index is 12.8. The summed E-state index contributed by atoms with van der Waals surface area (Å²) >= 11 is 6.24. The Morgan fingerprint density at radius 1 is 1.16 bits per heavy atom. The summed E-state index contributed by atoms with van der Waals surface area (Å²) in [6.45, 7) is 1.48. The van der Waals surface area contributed by atoms with Gasteiger partial charge < -0.3 is 5.32 Å². The number of nitrogens with zero attached hydrogens (tertiary/aromatic N) is 1. The van der Waals surface area contributed by atoms with Gasteiger partial charge in [0.2, 0.25) is 10.0 Å². The highest BCUT2D eigenvalue weighted by molar-refractivity contribution is 7.89. The number of halogens is 1. The molecule has 0 spiro atoms. The minimum atomic E-state index is -3.53. The molecule has 3 unspecified atom stereocenters. The zero-order chi connectivity index (χ0) is 22.3. The number of sulfonamides is 1. The summed E-state index contributed by atoms with van der Waals surface area (Å²) in [5.41, 5.74) is 1.95. The predicted molar refractivity (Wildman–Crippen MR) is 124 cm³/mol. The molecule has 2 heterocycles. The fraction of sp³-hybridized carbons (Fsp3) is 0.333. The van der Waals surface area contributed by atoms with Crippen LogP contribution in [-0.4, -0.2) is 38.3 Å². The third kappa shape index (κ3) is 4.43. The van der Waals surface area contributed by atoms with Crippen LogP contribution in [0.2, 0.25) is 5.02 Å². The average molecular weight is 470 g/mol. The van der Waals surface area contributed by atoms with E-state index in [1.807, 2.05) is 30.3 Å². The average Bonchev–Trinajstić information content (AvgIpc) is 3.44. The molecular weight excluding hydrogens is 446 g/mol. The molecule has 6 nitrogen and oxygen atoms in total. The topological polar surface area (TPSA) is 88.2 Å². The Hall–Kier alpha value is -2.32. The van der Waals surface area contributed by atoms with Crippen molar-refractivity contribution in [3.05, 3.63) is 71.0 Å². The van der Waals surface area contributed by atoms with Crippen LogP contribution in [-0.2, 0) is 21.2 Å². The molecule has 1 aliphatic carbocycles. The molecule has 1 aromatic heterocycles. The van der Waals surface area contributed by atoms with E-state index in [1.165, 1.54) is 0 Å². The first-order valence-corrected chi connectivity index (χ1v) is 12.6. The van der Waals surface area contributed by atoms with E-state index in [-0.39, 0.29) is 28.6 Å². The molecule has 2 aromatic carbocycles. The zero-order valence-corrected chi connectivity index (χ0v) is 19.0. The number of carbonyl (C=O) groups is 1. The molecule has 8 heteroatoms. The van der Waals surface area contributed by atoms with E-state index in [0.29, 0.717) is 18.0 Å². The van der Waals surface area contributed by atoms with Gasteiger partial charge in [0, 0.05) is 48.1 Å². The van der Waals surface area contributed by atoms with Crippen LogP contribution in [0.1, 0.15) is 29.9 Å². The van der Waals surface area contributed by atoms with Crippen molar-refractivity contribution >= 4 is 38.2 Å². The number of ketones is 1. The minimum absolute atomic E-state index is 0.0243. The van der Waals surface area contributed by atoms with Crippen LogP contribution in [0.4, 0.5) is 0 Å². The van der Waals surface area contributed by atoms with Crippen molar-refractivity contribution in [3.63, 3.8) is 0 Å². The quantitative estimate of drug-likeness (QED) is 0.553. The van der Waals surface area contributed by atoms with Crippen LogP contribution < -0.4 is 10.0 Å². The van der Waals surface area contributed by atoms with Gasteiger partial charge in [-0.15, -0.1) is 0 Å². The van der Waals surface area contributed by atoms with Crippen LogP contribution in [0, 0.1) is 5.92 Å². The van der Waals surface area contributed by atoms with E-state index in [2.05, 4.69) is 15.0 Å². The highest BCUT2D eigenvalue weighted by Crippen LogP contribution is 2.48. The van der Waals surface area contributed by atoms with Crippen molar-refractivity contribution in [2.24, 2.45) is 5.92 Å². The van der Waals surface area contributed by atoms with Crippen LogP contribution in [0.5, 0.6) is 0 Å². The minimum Gasteiger partial charge on any atom is -0.315 e. The standard InChI is InChI=1S/C24H24ClN3O3S/c25-23-14-27-12-17-2-1-15(9-21(17)23)10-24(29)22-11-20(22)16-3-5-19(6-4-16)32(30,31)28-18-7-8-26-13-18/h1-6,9,12,14,18,20,22,26,28H,7-8,10-11,13H2. The lowest BCUT2D eigenvalue weighted by Crippen LogP contribution is -2.36. The molecule has 2 N–H and O–H groups in total. The van der Waals surface area contributed by atoms with E-state index >= 15 is 0 Å². The summed E-state index contributed by atoms with van der Waals surface area (Å²) in [6, 6.07) is 12.7. The van der Waals surface area contributed by atoms with Gasteiger partial charge in [0.05, 0.1) is 9.92 Å². The zero-order valence-electron chi connectivity index (χ0n) is 17.4. The Morgan fingerprint density at radius 3 is 2.72 bits per heavy atom. The van der Waals surface area contributed by atoms with E-state index in [1.54, 1.807) is 24.5 Å². The molecule has 5 rings (SSSR count). The number of hydrogen-bond donors (Lipinski definition) is 2. The second kappa shape index (κ2) is 8.56. The van der Waals surface area contributed by atoms with Gasteiger partial charge >= 0.3 is 0 Å². The molecule has 2 aliphatic rings. The number of nitrogens with one attached hydrogen (secondary N) is 2. The lowest BCUT2D eigenvalue weighted by atomic mass is 10.0. The Kier molecular flexibility index (Phi) is 5.75. The van der Waals surface area contributed by atoms with Crippen molar-refractivity contribution in [1.82, 2.24) is 15.0 Å². The summed E-state index contributed by atoms with van der Waals surface area (Å²) in [5, 5.41) is 5.58. The van der Waals surface area contributed by atoms with Gasteiger partial charge in [0.15, 0.2) is 0 Å². The smallest absolute Gasteiger partial charge is 0.240 e. The molecule has 32 heavy (non-hydrogen) atoms. The fourth-order valence-electron chi connectivity index (χ4n) is 4.47. The van der Waals surface area contributed by atoms with Crippen molar-refractivity contribution in [2.75, 3.05) is 13.1 Å². The first kappa shape index (κ1) is 21.5. The summed E-state index contributed by atoms with van der Waals surface area (Å²) in [7, 11) is -3.53. The molecule has 1 aliphatic heterocycles. The monoisotopic (exact) mass is 469 g/mol. The number of pyridine rings is 1. The normalized spacial score (nSPS) is 22.8. The van der Waals surface area contributed by atoms with Crippen molar-refractivity contribution in [1.29, 1.82) is 0 Å². The van der Waals surface area contributed by atoms with Crippen molar-refractivity contribution in [2.45, 2.75) is 36.1 Å². The molecule has 1 saturated carbocycles. The van der Waals surface area contributed by atoms with Gasteiger partial charge in [0.25, 0.3) is 0 Å². The molecule has 2 fully saturated rings. The number of aromatic nitrogens is 1. The molecule has 3 aromatic rings. The molecule has 0 radical (unpaired) electrons. The second-order valence-electron chi connectivity index (χ2n) is 8.65. The first-order valence-electron chi connectivity index (χ1n) is 10.8. The van der Waals surface area contributed by atoms with Crippen molar-refractivity contribution < 1.29 is 13.2 Å². The van der Waals surface area contributed by atoms with E-state index in [9.17, 15) is 13.2 Å². The molecule has 1 saturated heterocycles. The first-order chi connectivity index (χ1) is 15.4. The van der Waals surface area contributed by atoms with Gasteiger partial charge in [-0.2, -0.15) is 0 Å². The molecular formula is C24H24ClN3O3S. The maximum atomic E-state index is 12.8. The van der Waals surface area contributed by atoms with E-state index in [4.69, 9.17) is 11.6 Å². The van der Waals surface area contributed by atoms with Crippen molar-refractivity contribution in [3.8, 4) is 0 Å². The molecule has 3 atom stereocenters. The Bertz CT molecular complexity index is 1270. The highest BCUT2D eigenvalue weighted by Gasteiger charge is 2.43. The molecule has 0 amide bonds. The SMILES string of the molecule is O=C(Cc1ccc2cncc(Cl)c2c1)C1CC1c1ccc(S(=O)(=O)NC2CCNC2)cc1. The second-order valence-corrected chi connectivity index (χ2v) is 10.8. The summed E-state index contributed by atoms with van der Waals surface area (Å²) in [5.74, 6) is 0.329. The third-order valence-corrected chi connectivity index (χ3v) is 8.20. The fourth-order valence-corrected chi connectivity index (χ4v) is 5.96. The Morgan fingerprint density at radius 2 is 1.97 bits per heavy atom. The number of benzene rings is 2. The van der Waals surface area contributed by atoms with Crippen LogP contribution >= 0.6 is 11.6 Å². The lowest BCUT2D eigenvalue weighted by molar-refractivity contribution is -0.119. The van der Waals surface area contributed by atoms with Crippen LogP contribution in [0.3, 0.4) is 0 Å². The number of hydrogen-bond acceptors (Lipinski definition) is 5. The van der Waals surface area contributed by atoms with Crippen LogP contribution in [0.15, 0.2) is 59.8 Å². The lowest BCUT2D eigenvalue weighted by Gasteiger charge is -2.12. The maximum Gasteiger partial charge on any atom is 0.240 e. The predicted octanol–water partition coefficient (Wildman–Crippen LogP) is 3.44. The van der Waals surface area contributed by atoms with Gasteiger partial charge in [-0.1, -0.05) is 35.9 Å². The summed E-state index contributed by atoms with van der Waals surface area (Å²) in [6.07, 6.45) is 5.32. The Balaban J connectivity index is 1.23. The van der Waals surface area contributed by atoms with Gasteiger partial charge in [-0.3, -0.25) is 9.78 Å². The molecule has 166 valence electrons. The summed E-state index contributed by atoms with van der Waals surface area (Å²) in [4.78, 5) is 17.2.